The van der Waals surface area contributed by atoms with Crippen molar-refractivity contribution in [2.75, 3.05) is 13.2 Å². The molecule has 0 saturated heterocycles. The molecule has 4 aromatic rings. The molecule has 12 heteroatoms. The molecule has 0 unspecified atom stereocenters. The van der Waals surface area contributed by atoms with Crippen LogP contribution in [0.25, 0.3) is 0 Å². The number of carbonyl (C=O) groups is 1. The third-order valence-corrected chi connectivity index (χ3v) is 8.66. The number of nitrogens with zero attached hydrogens (tertiary/aromatic N) is 1. The molecule has 2 atom stereocenters. The van der Waals surface area contributed by atoms with Gasteiger partial charge in [-0.1, -0.05) is 62.2 Å². The van der Waals surface area contributed by atoms with Crippen molar-refractivity contribution in [2.45, 2.75) is 37.2 Å². The highest BCUT2D eigenvalue weighted by atomic mass is 79.9. The van der Waals surface area contributed by atoms with Crippen LogP contribution in [0.1, 0.15) is 40.3 Å². The molecule has 6 nitrogen and oxygen atoms in total. The second-order valence-electron chi connectivity index (χ2n) is 10.6. The first-order valence-electron chi connectivity index (χ1n) is 14.2. The molecular formula is C34H28Br2F4N2O4. The van der Waals surface area contributed by atoms with Gasteiger partial charge in [0.15, 0.2) is 11.6 Å². The molecule has 240 valence electrons. The van der Waals surface area contributed by atoms with Crippen LogP contribution in [0, 0.1) is 5.82 Å². The minimum atomic E-state index is -4.76. The second-order valence-corrected chi connectivity index (χ2v) is 12.4. The highest BCUT2D eigenvalue weighted by Gasteiger charge is 2.53. The molecule has 1 heterocycles. The number of aliphatic imine (C=N–C) groups is 1. The van der Waals surface area contributed by atoms with Crippen LogP contribution in [-0.4, -0.2) is 35.7 Å². The zero-order valence-corrected chi connectivity index (χ0v) is 27.3. The van der Waals surface area contributed by atoms with Gasteiger partial charge in [0.2, 0.25) is 5.90 Å². The van der Waals surface area contributed by atoms with E-state index in [9.17, 15) is 22.4 Å². The zero-order valence-electron chi connectivity index (χ0n) is 24.2. The quantitative estimate of drug-likeness (QED) is 0.120. The Bertz CT molecular complexity index is 1720. The first-order chi connectivity index (χ1) is 22.0. The number of aliphatic hydroxyl groups excluding tert-OH is 1. The van der Waals surface area contributed by atoms with Crippen molar-refractivity contribution >= 4 is 43.7 Å². The van der Waals surface area contributed by atoms with Gasteiger partial charge in [-0.05, 0) is 77.4 Å². The highest BCUT2D eigenvalue weighted by molar-refractivity contribution is 9.10. The van der Waals surface area contributed by atoms with Gasteiger partial charge in [-0.25, -0.2) is 9.38 Å². The number of ether oxygens (including phenoxy) is 2. The Labute approximate surface area is 279 Å². The zero-order chi connectivity index (χ0) is 32.9. The molecule has 0 aliphatic carbocycles. The average Bonchev–Trinajstić information content (AvgIpc) is 3.41. The van der Waals surface area contributed by atoms with E-state index < -0.39 is 35.1 Å². The molecule has 1 amide bonds. The predicted molar refractivity (Wildman–Crippen MR) is 172 cm³/mol. The summed E-state index contributed by atoms with van der Waals surface area (Å²) in [6, 6.07) is 23.6. The van der Waals surface area contributed by atoms with Crippen molar-refractivity contribution in [3.63, 3.8) is 0 Å². The Kier molecular flexibility index (Phi) is 10.5. The van der Waals surface area contributed by atoms with Gasteiger partial charge in [-0.3, -0.25) is 4.79 Å². The van der Waals surface area contributed by atoms with E-state index in [2.05, 4.69) is 37.2 Å². The van der Waals surface area contributed by atoms with E-state index in [4.69, 9.17) is 19.6 Å². The largest absolute Gasteiger partial charge is 0.494 e. The van der Waals surface area contributed by atoms with Crippen molar-refractivity contribution in [3.05, 3.63) is 134 Å². The summed E-state index contributed by atoms with van der Waals surface area (Å²) in [4.78, 5) is 19.3. The van der Waals surface area contributed by atoms with Crippen LogP contribution in [-0.2, 0) is 28.7 Å². The number of alkyl halides is 3. The lowest BCUT2D eigenvalue weighted by Gasteiger charge is -2.31. The lowest BCUT2D eigenvalue weighted by Crippen LogP contribution is -2.49. The standard InChI is InChI=1S/C34H28Br2F4N2O4/c35-26-10-6-22(7-11-26)30-33(19-24-4-1-2-5-29(24)36,32(44)41-20-21-16-25(34(38,39)40)18-27(37)17-21)42-31(46-30)23-8-12-28(13-9-23)45-15-3-14-43/h1-2,4-13,16-18,30,43H,3,14-15,19-20H2,(H,41,44)/t30-,33-/m1/s1. The number of halogens is 6. The van der Waals surface area contributed by atoms with Gasteiger partial charge in [-0.15, -0.1) is 0 Å². The maximum Gasteiger partial charge on any atom is 0.416 e. The van der Waals surface area contributed by atoms with Crippen LogP contribution in [0.2, 0.25) is 0 Å². The summed E-state index contributed by atoms with van der Waals surface area (Å²) in [5.41, 5.74) is -0.885. The maximum absolute atomic E-state index is 14.4. The van der Waals surface area contributed by atoms with E-state index in [0.29, 0.717) is 36.0 Å². The van der Waals surface area contributed by atoms with Crippen LogP contribution >= 0.6 is 31.9 Å². The first-order valence-corrected chi connectivity index (χ1v) is 15.8. The molecule has 5 rings (SSSR count). The van der Waals surface area contributed by atoms with Gasteiger partial charge in [0, 0.05) is 40.5 Å². The first kappa shape index (κ1) is 33.6. The van der Waals surface area contributed by atoms with Crippen LogP contribution in [0.3, 0.4) is 0 Å². The lowest BCUT2D eigenvalue weighted by molar-refractivity contribution is -0.137. The van der Waals surface area contributed by atoms with Crippen LogP contribution in [0.5, 0.6) is 5.75 Å². The summed E-state index contributed by atoms with van der Waals surface area (Å²) in [5, 5.41) is 11.8. The number of hydrogen-bond donors (Lipinski definition) is 2. The van der Waals surface area contributed by atoms with Gasteiger partial charge in [0.05, 0.1) is 12.2 Å². The highest BCUT2D eigenvalue weighted by Crippen LogP contribution is 2.44. The number of carbonyl (C=O) groups excluding carboxylic acids is 1. The van der Waals surface area contributed by atoms with Gasteiger partial charge in [0.25, 0.3) is 5.91 Å². The smallest absolute Gasteiger partial charge is 0.416 e. The molecule has 46 heavy (non-hydrogen) atoms. The Morgan fingerprint density at radius 2 is 1.72 bits per heavy atom. The van der Waals surface area contributed by atoms with Crippen LogP contribution in [0.4, 0.5) is 17.6 Å². The summed E-state index contributed by atoms with van der Waals surface area (Å²) in [7, 11) is 0. The van der Waals surface area contributed by atoms with Gasteiger partial charge in [0.1, 0.15) is 11.6 Å². The van der Waals surface area contributed by atoms with Gasteiger partial charge < -0.3 is 19.9 Å². The molecule has 0 spiro atoms. The number of benzene rings is 4. The molecular weight excluding hydrogens is 736 g/mol. The molecule has 0 fully saturated rings. The summed E-state index contributed by atoms with van der Waals surface area (Å²) < 4.78 is 68.0. The van der Waals surface area contributed by atoms with E-state index in [1.54, 1.807) is 36.4 Å². The molecule has 1 aliphatic heterocycles. The fourth-order valence-corrected chi connectivity index (χ4v) is 5.79. The van der Waals surface area contributed by atoms with Crippen molar-refractivity contribution in [3.8, 4) is 5.75 Å². The van der Waals surface area contributed by atoms with E-state index in [1.807, 2.05) is 36.4 Å². The second kappa shape index (κ2) is 14.4. The summed E-state index contributed by atoms with van der Waals surface area (Å²) >= 11 is 7.00. The number of rotatable bonds is 11. The van der Waals surface area contributed by atoms with Crippen LogP contribution < -0.4 is 10.1 Å². The average molecular weight is 764 g/mol. The van der Waals surface area contributed by atoms with E-state index in [-0.39, 0.29) is 31.0 Å². The third kappa shape index (κ3) is 7.79. The molecule has 1 aliphatic rings. The van der Waals surface area contributed by atoms with Gasteiger partial charge >= 0.3 is 6.18 Å². The predicted octanol–water partition coefficient (Wildman–Crippen LogP) is 7.95. The van der Waals surface area contributed by atoms with E-state index in [0.717, 1.165) is 26.6 Å². The summed E-state index contributed by atoms with van der Waals surface area (Å²) in [6.45, 7) is -0.0380. The Morgan fingerprint density at radius 3 is 2.39 bits per heavy atom. The summed E-state index contributed by atoms with van der Waals surface area (Å²) in [6.07, 6.45) is -5.16. The summed E-state index contributed by atoms with van der Waals surface area (Å²) in [5.74, 6) is -0.927. The van der Waals surface area contributed by atoms with Crippen LogP contribution in [0.15, 0.2) is 105 Å². The van der Waals surface area contributed by atoms with E-state index >= 15 is 0 Å². The Morgan fingerprint density at radius 1 is 1.00 bits per heavy atom. The molecule has 0 bridgehead atoms. The molecule has 0 radical (unpaired) electrons. The molecule has 0 aromatic heterocycles. The van der Waals surface area contributed by atoms with E-state index in [1.165, 1.54) is 0 Å². The molecule has 2 N–H and O–H groups in total. The number of aliphatic hydroxyl groups is 1. The number of nitrogens with one attached hydrogen (secondary N) is 1. The monoisotopic (exact) mass is 762 g/mol. The normalized spacial score (nSPS) is 17.7. The number of amides is 1. The topological polar surface area (TPSA) is 80.2 Å². The van der Waals surface area contributed by atoms with Crippen molar-refractivity contribution in [2.24, 2.45) is 4.99 Å². The van der Waals surface area contributed by atoms with Crippen molar-refractivity contribution in [1.29, 1.82) is 0 Å². The van der Waals surface area contributed by atoms with Gasteiger partial charge in [-0.2, -0.15) is 13.2 Å². The number of hydrogen-bond acceptors (Lipinski definition) is 5. The minimum absolute atomic E-state index is 0.00452. The lowest BCUT2D eigenvalue weighted by atomic mass is 9.82. The molecule has 4 aromatic carbocycles. The Hall–Kier alpha value is -3.74. The SMILES string of the molecule is O=C(NCc1cc(F)cc(C(F)(F)F)c1)[C@]1(Cc2ccccc2Br)N=C(c2ccc(OCCCO)cc2)O[C@@H]1c1ccc(Br)cc1. The fraction of sp³-hybridized carbons (Fsp3) is 0.235. The third-order valence-electron chi connectivity index (χ3n) is 7.36. The van der Waals surface area contributed by atoms with Crippen molar-refractivity contribution < 1.29 is 36.9 Å². The molecule has 0 saturated carbocycles. The Balaban J connectivity index is 1.56. The van der Waals surface area contributed by atoms with Crippen molar-refractivity contribution in [1.82, 2.24) is 5.32 Å². The maximum atomic E-state index is 14.4. The fourth-order valence-electron chi connectivity index (χ4n) is 5.10. The minimum Gasteiger partial charge on any atom is -0.494 e.